The van der Waals surface area contributed by atoms with Crippen LogP contribution in [0, 0.1) is 9.39 Å². The summed E-state index contributed by atoms with van der Waals surface area (Å²) in [6.45, 7) is 0. The molecule has 1 aromatic carbocycles. The van der Waals surface area contributed by atoms with Gasteiger partial charge in [-0.05, 0) is 50.7 Å². The van der Waals surface area contributed by atoms with E-state index in [-0.39, 0.29) is 5.82 Å². The number of hydrogen-bond acceptors (Lipinski definition) is 1. The molecule has 0 fully saturated rings. The molecule has 0 unspecified atom stereocenters. The first-order valence-corrected chi connectivity index (χ1v) is 4.62. The van der Waals surface area contributed by atoms with E-state index in [0.717, 1.165) is 0 Å². The first kappa shape index (κ1) is 9.12. The second-order valence-electron chi connectivity index (χ2n) is 1.91. The van der Waals surface area contributed by atoms with Crippen molar-refractivity contribution in [1.29, 1.82) is 0 Å². The normalized spacial score (nSPS) is 9.73. The van der Waals surface area contributed by atoms with Crippen LogP contribution in [0.5, 0.6) is 0 Å². The van der Waals surface area contributed by atoms with Gasteiger partial charge >= 0.3 is 0 Å². The Labute approximate surface area is 85.3 Å². The Balaban J connectivity index is 3.31. The number of benzene rings is 1. The average Bonchev–Trinajstić information content (AvgIpc) is 1.97. The van der Waals surface area contributed by atoms with Gasteiger partial charge in [0.1, 0.15) is 5.82 Å². The van der Waals surface area contributed by atoms with Crippen molar-refractivity contribution in [2.45, 2.75) is 0 Å². The molecule has 0 N–H and O–H groups in total. The van der Waals surface area contributed by atoms with Crippen molar-refractivity contribution in [3.63, 3.8) is 0 Å². The maximum atomic E-state index is 12.7. The number of aldehydes is 1. The lowest BCUT2D eigenvalue weighted by molar-refractivity contribution is 0.112. The van der Waals surface area contributed by atoms with E-state index in [0.29, 0.717) is 19.9 Å². The van der Waals surface area contributed by atoms with Gasteiger partial charge in [0, 0.05) is 13.6 Å². The van der Waals surface area contributed by atoms with Crippen molar-refractivity contribution in [3.05, 3.63) is 31.6 Å². The van der Waals surface area contributed by atoms with E-state index in [1.807, 2.05) is 22.6 Å². The van der Waals surface area contributed by atoms with E-state index >= 15 is 0 Å². The fourth-order valence-corrected chi connectivity index (χ4v) is 1.53. The molecule has 0 spiro atoms. The minimum atomic E-state index is -0.317. The van der Waals surface area contributed by atoms with Gasteiger partial charge in [-0.3, -0.25) is 4.79 Å². The largest absolute Gasteiger partial charge is 0.298 e. The van der Waals surface area contributed by atoms with Crippen molar-refractivity contribution >= 4 is 44.8 Å². The predicted octanol–water partition coefficient (Wildman–Crippen LogP) is 3.01. The van der Waals surface area contributed by atoms with Gasteiger partial charge in [-0.2, -0.15) is 0 Å². The fraction of sp³-hybridized carbons (Fsp3) is 0. The predicted molar refractivity (Wildman–Crippen MR) is 52.2 cm³/mol. The fourth-order valence-electron chi connectivity index (χ4n) is 0.628. The van der Waals surface area contributed by atoms with Crippen LogP contribution in [-0.2, 0) is 0 Å². The molecule has 0 aromatic heterocycles. The Morgan fingerprint density at radius 2 is 2.18 bits per heavy atom. The van der Waals surface area contributed by atoms with Gasteiger partial charge in [-0.15, -0.1) is 0 Å². The van der Waals surface area contributed by atoms with Crippen LogP contribution in [0.4, 0.5) is 4.39 Å². The number of rotatable bonds is 1. The molecule has 0 heterocycles. The van der Waals surface area contributed by atoms with E-state index in [1.165, 1.54) is 12.1 Å². The lowest BCUT2D eigenvalue weighted by Gasteiger charge is -1.97. The van der Waals surface area contributed by atoms with Gasteiger partial charge < -0.3 is 0 Å². The Morgan fingerprint density at radius 3 is 2.73 bits per heavy atom. The molecule has 0 radical (unpaired) electrons. The zero-order valence-corrected chi connectivity index (χ0v) is 9.02. The summed E-state index contributed by atoms with van der Waals surface area (Å²) < 4.78 is 13.7. The van der Waals surface area contributed by atoms with Gasteiger partial charge in [-0.25, -0.2) is 4.39 Å². The minimum Gasteiger partial charge on any atom is -0.298 e. The minimum absolute atomic E-state index is 0.317. The van der Waals surface area contributed by atoms with E-state index in [2.05, 4.69) is 15.9 Å². The maximum Gasteiger partial charge on any atom is 0.151 e. The quantitative estimate of drug-likeness (QED) is 0.440. The Bertz CT molecular complexity index is 301. The zero-order valence-electron chi connectivity index (χ0n) is 5.27. The summed E-state index contributed by atoms with van der Waals surface area (Å²) >= 11 is 4.90. The molecule has 11 heavy (non-hydrogen) atoms. The topological polar surface area (TPSA) is 17.1 Å². The summed E-state index contributed by atoms with van der Waals surface area (Å²) in [6.07, 6.45) is 0.686. The van der Waals surface area contributed by atoms with Gasteiger partial charge in [0.25, 0.3) is 0 Å². The van der Waals surface area contributed by atoms with Gasteiger partial charge in [-0.1, -0.05) is 0 Å². The summed E-state index contributed by atoms with van der Waals surface area (Å²) in [6, 6.07) is 2.78. The molecule has 58 valence electrons. The van der Waals surface area contributed by atoms with Crippen LogP contribution in [0.1, 0.15) is 10.4 Å². The molecule has 0 amide bonds. The van der Waals surface area contributed by atoms with E-state index in [4.69, 9.17) is 0 Å². The highest BCUT2D eigenvalue weighted by Crippen LogP contribution is 2.20. The van der Waals surface area contributed by atoms with Crippen LogP contribution in [0.3, 0.4) is 0 Å². The van der Waals surface area contributed by atoms with Gasteiger partial charge in [0.2, 0.25) is 0 Å². The van der Waals surface area contributed by atoms with Crippen LogP contribution in [0.25, 0.3) is 0 Å². The highest BCUT2D eigenvalue weighted by Gasteiger charge is 2.04. The molecular formula is C7H3BrFIO. The Kier molecular flexibility index (Phi) is 3.00. The number of carbonyl (C=O) groups excluding carboxylic acids is 1. The SMILES string of the molecule is O=Cc1cc(I)c(F)cc1Br. The molecule has 0 atom stereocenters. The lowest BCUT2D eigenvalue weighted by Crippen LogP contribution is -1.88. The number of halogens is 3. The molecule has 0 saturated heterocycles. The molecular weight excluding hydrogens is 326 g/mol. The van der Waals surface area contributed by atoms with Crippen LogP contribution in [0.2, 0.25) is 0 Å². The summed E-state index contributed by atoms with van der Waals surface area (Å²) in [5.74, 6) is -0.317. The third kappa shape index (κ3) is 1.99. The highest BCUT2D eigenvalue weighted by molar-refractivity contribution is 14.1. The molecule has 0 aliphatic rings. The summed E-state index contributed by atoms with van der Waals surface area (Å²) in [4.78, 5) is 10.3. The molecule has 0 bridgehead atoms. The van der Waals surface area contributed by atoms with Crippen LogP contribution in [0.15, 0.2) is 16.6 Å². The zero-order chi connectivity index (χ0) is 8.43. The molecule has 0 aliphatic heterocycles. The van der Waals surface area contributed by atoms with Crippen molar-refractivity contribution in [1.82, 2.24) is 0 Å². The van der Waals surface area contributed by atoms with Gasteiger partial charge in [0.15, 0.2) is 6.29 Å². The van der Waals surface area contributed by atoms with Crippen LogP contribution >= 0.6 is 38.5 Å². The molecule has 1 aromatic rings. The molecule has 4 heteroatoms. The highest BCUT2D eigenvalue weighted by atomic mass is 127. The van der Waals surface area contributed by atoms with Gasteiger partial charge in [0.05, 0.1) is 0 Å². The van der Waals surface area contributed by atoms with Crippen LogP contribution in [-0.4, -0.2) is 6.29 Å². The smallest absolute Gasteiger partial charge is 0.151 e. The second-order valence-corrected chi connectivity index (χ2v) is 3.92. The Hall–Kier alpha value is 0.0300. The summed E-state index contributed by atoms with van der Waals surface area (Å²) in [5.41, 5.74) is 0.468. The summed E-state index contributed by atoms with van der Waals surface area (Å²) in [5, 5.41) is 0. The summed E-state index contributed by atoms with van der Waals surface area (Å²) in [7, 11) is 0. The Morgan fingerprint density at radius 1 is 1.55 bits per heavy atom. The van der Waals surface area contributed by atoms with E-state index in [9.17, 15) is 9.18 Å². The number of hydrogen-bond donors (Lipinski definition) is 0. The van der Waals surface area contributed by atoms with E-state index in [1.54, 1.807) is 0 Å². The lowest BCUT2D eigenvalue weighted by atomic mass is 10.2. The number of carbonyl (C=O) groups is 1. The molecule has 0 aliphatic carbocycles. The van der Waals surface area contributed by atoms with E-state index < -0.39 is 0 Å². The van der Waals surface area contributed by atoms with Crippen molar-refractivity contribution in [3.8, 4) is 0 Å². The molecule has 1 rings (SSSR count). The van der Waals surface area contributed by atoms with Crippen molar-refractivity contribution in [2.75, 3.05) is 0 Å². The van der Waals surface area contributed by atoms with Crippen molar-refractivity contribution < 1.29 is 9.18 Å². The maximum absolute atomic E-state index is 12.7. The first-order chi connectivity index (χ1) is 5.15. The molecule has 0 saturated carbocycles. The second kappa shape index (κ2) is 3.62. The monoisotopic (exact) mass is 328 g/mol. The standard InChI is InChI=1S/C7H3BrFIO/c8-5-2-6(9)7(10)1-4(5)3-11/h1-3H. The third-order valence-corrected chi connectivity index (χ3v) is 2.68. The molecule has 1 nitrogen and oxygen atoms in total. The van der Waals surface area contributed by atoms with Crippen molar-refractivity contribution in [2.24, 2.45) is 0 Å². The third-order valence-electron chi connectivity index (χ3n) is 1.17. The van der Waals surface area contributed by atoms with Crippen LogP contribution < -0.4 is 0 Å². The first-order valence-electron chi connectivity index (χ1n) is 2.75. The average molecular weight is 329 g/mol.